The summed E-state index contributed by atoms with van der Waals surface area (Å²) in [6, 6.07) is 23.9. The van der Waals surface area contributed by atoms with E-state index in [-0.39, 0.29) is 5.91 Å². The number of carbonyl (C=O) groups is 1. The Hall–Kier alpha value is -3.27. The summed E-state index contributed by atoms with van der Waals surface area (Å²) >= 11 is 0. The molecule has 3 aromatic carbocycles. The number of ether oxygens (including phenoxy) is 2. The summed E-state index contributed by atoms with van der Waals surface area (Å²) in [4.78, 5) is 12.4. The van der Waals surface area contributed by atoms with Crippen molar-refractivity contribution in [1.82, 2.24) is 0 Å². The fourth-order valence-electron chi connectivity index (χ4n) is 2.34. The molecule has 0 atom stereocenters. The zero-order valence-electron chi connectivity index (χ0n) is 13.9. The Morgan fingerprint density at radius 1 is 0.840 bits per heavy atom. The van der Waals surface area contributed by atoms with E-state index in [1.54, 1.807) is 24.3 Å². The van der Waals surface area contributed by atoms with Crippen molar-refractivity contribution in [1.29, 1.82) is 0 Å². The van der Waals surface area contributed by atoms with Crippen molar-refractivity contribution in [2.75, 3.05) is 11.9 Å². The van der Waals surface area contributed by atoms with Crippen LogP contribution >= 0.6 is 0 Å². The quantitative estimate of drug-likeness (QED) is 0.680. The molecule has 0 heterocycles. The van der Waals surface area contributed by atoms with Crippen LogP contribution in [0.2, 0.25) is 0 Å². The molecule has 1 N–H and O–H groups in total. The predicted molar refractivity (Wildman–Crippen MR) is 98.5 cm³/mol. The maximum atomic E-state index is 12.4. The average molecular weight is 333 g/mol. The van der Waals surface area contributed by atoms with E-state index in [0.717, 1.165) is 5.75 Å². The van der Waals surface area contributed by atoms with E-state index in [1.165, 1.54) is 0 Å². The topological polar surface area (TPSA) is 47.6 Å². The van der Waals surface area contributed by atoms with Crippen molar-refractivity contribution in [2.45, 2.75) is 6.92 Å². The molecular formula is C21H19NO3. The van der Waals surface area contributed by atoms with Gasteiger partial charge < -0.3 is 14.8 Å². The molecule has 4 heteroatoms. The third-order valence-corrected chi connectivity index (χ3v) is 3.53. The Morgan fingerprint density at radius 3 is 2.20 bits per heavy atom. The van der Waals surface area contributed by atoms with Crippen molar-refractivity contribution in [3.8, 4) is 17.2 Å². The van der Waals surface area contributed by atoms with Crippen molar-refractivity contribution in [3.05, 3.63) is 84.4 Å². The molecule has 0 aliphatic heterocycles. The molecule has 0 aliphatic carbocycles. The maximum absolute atomic E-state index is 12.4. The molecule has 126 valence electrons. The highest BCUT2D eigenvalue weighted by Gasteiger charge is 2.10. The van der Waals surface area contributed by atoms with Crippen molar-refractivity contribution >= 4 is 11.6 Å². The van der Waals surface area contributed by atoms with E-state index in [1.807, 2.05) is 61.5 Å². The highest BCUT2D eigenvalue weighted by atomic mass is 16.5. The van der Waals surface area contributed by atoms with Gasteiger partial charge in [0.2, 0.25) is 0 Å². The number of nitrogens with one attached hydrogen (secondary N) is 1. The van der Waals surface area contributed by atoms with Gasteiger partial charge in [0.05, 0.1) is 12.3 Å². The second kappa shape index (κ2) is 8.02. The minimum absolute atomic E-state index is 0.196. The lowest BCUT2D eigenvalue weighted by Crippen LogP contribution is -2.12. The Bertz CT molecular complexity index is 829. The molecule has 0 saturated carbocycles. The molecule has 0 unspecified atom stereocenters. The molecule has 0 saturated heterocycles. The van der Waals surface area contributed by atoms with Crippen LogP contribution in [0.25, 0.3) is 0 Å². The normalized spacial score (nSPS) is 10.1. The smallest absolute Gasteiger partial charge is 0.255 e. The van der Waals surface area contributed by atoms with E-state index in [0.29, 0.717) is 29.4 Å². The number of hydrogen-bond acceptors (Lipinski definition) is 3. The first-order valence-corrected chi connectivity index (χ1v) is 8.12. The monoisotopic (exact) mass is 333 g/mol. The van der Waals surface area contributed by atoms with Gasteiger partial charge in [-0.15, -0.1) is 0 Å². The van der Waals surface area contributed by atoms with Crippen LogP contribution in [0.15, 0.2) is 78.9 Å². The first-order chi connectivity index (χ1) is 12.3. The molecule has 0 aromatic heterocycles. The first-order valence-electron chi connectivity index (χ1n) is 8.12. The van der Waals surface area contributed by atoms with Gasteiger partial charge in [0.25, 0.3) is 5.91 Å². The maximum Gasteiger partial charge on any atom is 0.255 e. The number of rotatable bonds is 6. The zero-order valence-corrected chi connectivity index (χ0v) is 13.9. The second-order valence-corrected chi connectivity index (χ2v) is 5.32. The molecule has 0 aliphatic rings. The third kappa shape index (κ3) is 4.38. The summed E-state index contributed by atoms with van der Waals surface area (Å²) in [6.45, 7) is 2.45. The second-order valence-electron chi connectivity index (χ2n) is 5.32. The average Bonchev–Trinajstić information content (AvgIpc) is 2.65. The summed E-state index contributed by atoms with van der Waals surface area (Å²) in [5, 5.41) is 2.88. The number of benzene rings is 3. The van der Waals surface area contributed by atoms with E-state index < -0.39 is 0 Å². The van der Waals surface area contributed by atoms with Crippen LogP contribution in [0.3, 0.4) is 0 Å². The van der Waals surface area contributed by atoms with Gasteiger partial charge in [-0.05, 0) is 55.5 Å². The fourth-order valence-corrected chi connectivity index (χ4v) is 2.34. The number of amides is 1. The number of carbonyl (C=O) groups excluding carboxylic acids is 1. The Labute approximate surface area is 147 Å². The van der Waals surface area contributed by atoms with Crippen LogP contribution < -0.4 is 14.8 Å². The Morgan fingerprint density at radius 2 is 1.48 bits per heavy atom. The molecule has 3 aromatic rings. The molecule has 0 radical (unpaired) electrons. The molecule has 3 rings (SSSR count). The van der Waals surface area contributed by atoms with Crippen LogP contribution in [0.5, 0.6) is 17.2 Å². The van der Waals surface area contributed by atoms with Crippen molar-refractivity contribution in [2.24, 2.45) is 0 Å². The van der Waals surface area contributed by atoms with E-state index in [2.05, 4.69) is 5.32 Å². The van der Waals surface area contributed by atoms with Gasteiger partial charge in [-0.1, -0.05) is 30.3 Å². The SMILES string of the molecule is CCOc1ccccc1NC(=O)c1ccc(Oc2ccccc2)cc1. The molecular weight excluding hydrogens is 314 g/mol. The van der Waals surface area contributed by atoms with Crippen molar-refractivity contribution in [3.63, 3.8) is 0 Å². The molecule has 1 amide bonds. The Balaban J connectivity index is 1.69. The summed E-state index contributed by atoms with van der Waals surface area (Å²) < 4.78 is 11.3. The van der Waals surface area contributed by atoms with Gasteiger partial charge in [-0.3, -0.25) is 4.79 Å². The lowest BCUT2D eigenvalue weighted by molar-refractivity contribution is 0.102. The number of anilines is 1. The minimum atomic E-state index is -0.196. The first kappa shape index (κ1) is 16.6. The van der Waals surface area contributed by atoms with E-state index >= 15 is 0 Å². The van der Waals surface area contributed by atoms with Crippen LogP contribution in [0, 0.1) is 0 Å². The van der Waals surface area contributed by atoms with Gasteiger partial charge >= 0.3 is 0 Å². The van der Waals surface area contributed by atoms with Gasteiger partial charge in [0, 0.05) is 5.56 Å². The van der Waals surface area contributed by atoms with Crippen LogP contribution in [-0.2, 0) is 0 Å². The van der Waals surface area contributed by atoms with E-state index in [9.17, 15) is 4.79 Å². The summed E-state index contributed by atoms with van der Waals surface area (Å²) in [5.74, 6) is 1.89. The third-order valence-electron chi connectivity index (χ3n) is 3.53. The van der Waals surface area contributed by atoms with Crippen LogP contribution in [0.4, 0.5) is 5.69 Å². The van der Waals surface area contributed by atoms with Gasteiger partial charge in [-0.25, -0.2) is 0 Å². The molecule has 0 fully saturated rings. The molecule has 25 heavy (non-hydrogen) atoms. The lowest BCUT2D eigenvalue weighted by atomic mass is 10.2. The summed E-state index contributed by atoms with van der Waals surface area (Å²) in [5.41, 5.74) is 1.20. The standard InChI is InChI=1S/C21H19NO3/c1-2-24-20-11-7-6-10-19(20)22-21(23)16-12-14-18(15-13-16)25-17-8-4-3-5-9-17/h3-15H,2H2,1H3,(H,22,23). The summed E-state index contributed by atoms with van der Waals surface area (Å²) in [7, 11) is 0. The summed E-state index contributed by atoms with van der Waals surface area (Å²) in [6.07, 6.45) is 0. The minimum Gasteiger partial charge on any atom is -0.492 e. The zero-order chi connectivity index (χ0) is 17.5. The Kier molecular flexibility index (Phi) is 5.32. The highest BCUT2D eigenvalue weighted by Crippen LogP contribution is 2.25. The predicted octanol–water partition coefficient (Wildman–Crippen LogP) is 5.13. The number of hydrogen-bond donors (Lipinski definition) is 1. The lowest BCUT2D eigenvalue weighted by Gasteiger charge is -2.11. The fraction of sp³-hybridized carbons (Fsp3) is 0.0952. The largest absolute Gasteiger partial charge is 0.492 e. The molecule has 4 nitrogen and oxygen atoms in total. The van der Waals surface area contributed by atoms with E-state index in [4.69, 9.17) is 9.47 Å². The molecule has 0 spiro atoms. The van der Waals surface area contributed by atoms with Gasteiger partial charge in [0.15, 0.2) is 0 Å². The number of para-hydroxylation sites is 3. The van der Waals surface area contributed by atoms with Crippen LogP contribution in [0.1, 0.15) is 17.3 Å². The van der Waals surface area contributed by atoms with Crippen LogP contribution in [-0.4, -0.2) is 12.5 Å². The van der Waals surface area contributed by atoms with Crippen molar-refractivity contribution < 1.29 is 14.3 Å². The van der Waals surface area contributed by atoms with Gasteiger partial charge in [-0.2, -0.15) is 0 Å². The highest BCUT2D eigenvalue weighted by molar-refractivity contribution is 6.05. The van der Waals surface area contributed by atoms with Gasteiger partial charge in [0.1, 0.15) is 17.2 Å². The molecule has 0 bridgehead atoms.